The Morgan fingerprint density at radius 2 is 1.77 bits per heavy atom. The van der Waals surface area contributed by atoms with Gasteiger partial charge in [-0.15, -0.1) is 24.8 Å². The van der Waals surface area contributed by atoms with Crippen molar-refractivity contribution in [1.29, 1.82) is 0 Å². The average molecular weight is 473 g/mol. The molecule has 0 radical (unpaired) electrons. The SMILES string of the molecule is COc1cc(OC)c2nc3ccccc3c(NCCC[N+](C)(C)[O-])c2c1[N+](=O)[O-].Cl.Cl. The summed E-state index contributed by atoms with van der Waals surface area (Å²) < 4.78 is 10.3. The molecule has 3 rings (SSSR count). The van der Waals surface area contributed by atoms with Gasteiger partial charge in [0.05, 0.1) is 51.0 Å². The maximum absolute atomic E-state index is 11.9. The summed E-state index contributed by atoms with van der Waals surface area (Å²) in [5.41, 5.74) is 1.45. The highest BCUT2D eigenvalue weighted by atomic mass is 35.5. The summed E-state index contributed by atoms with van der Waals surface area (Å²) >= 11 is 0. The van der Waals surface area contributed by atoms with Crippen molar-refractivity contribution in [3.05, 3.63) is 45.7 Å². The van der Waals surface area contributed by atoms with E-state index in [0.717, 1.165) is 5.39 Å². The first-order chi connectivity index (χ1) is 13.8. The molecule has 2 aromatic carbocycles. The van der Waals surface area contributed by atoms with Crippen LogP contribution in [-0.4, -0.2) is 56.0 Å². The van der Waals surface area contributed by atoms with Crippen LogP contribution in [0.15, 0.2) is 30.3 Å². The number of ether oxygens (including phenoxy) is 2. The van der Waals surface area contributed by atoms with Gasteiger partial charge in [-0.05, 0) is 6.07 Å². The molecule has 0 amide bonds. The molecule has 170 valence electrons. The second kappa shape index (κ2) is 10.6. The number of nitro benzene ring substituents is 1. The third-order valence-electron chi connectivity index (χ3n) is 4.66. The van der Waals surface area contributed by atoms with Crippen LogP contribution in [0, 0.1) is 15.3 Å². The smallest absolute Gasteiger partial charge is 0.322 e. The lowest BCUT2D eigenvalue weighted by atomic mass is 10.0. The fourth-order valence-corrected chi connectivity index (χ4v) is 3.35. The fraction of sp³-hybridized carbons (Fsp3) is 0.350. The lowest BCUT2D eigenvalue weighted by Crippen LogP contribution is -2.34. The van der Waals surface area contributed by atoms with E-state index >= 15 is 0 Å². The molecule has 11 heteroatoms. The molecule has 0 spiro atoms. The Morgan fingerprint density at radius 3 is 2.35 bits per heavy atom. The number of quaternary nitrogens is 1. The van der Waals surface area contributed by atoms with Gasteiger partial charge in [-0.3, -0.25) is 10.1 Å². The highest BCUT2D eigenvalue weighted by Crippen LogP contribution is 2.45. The first-order valence-corrected chi connectivity index (χ1v) is 9.16. The Bertz CT molecular complexity index is 1070. The summed E-state index contributed by atoms with van der Waals surface area (Å²) in [5, 5.41) is 28.1. The largest absolute Gasteiger partial charge is 0.633 e. The molecule has 0 aliphatic heterocycles. The zero-order valence-electron chi connectivity index (χ0n) is 17.7. The molecule has 0 unspecified atom stereocenters. The van der Waals surface area contributed by atoms with Crippen molar-refractivity contribution in [2.45, 2.75) is 6.42 Å². The normalized spacial score (nSPS) is 10.9. The third kappa shape index (κ3) is 5.56. The van der Waals surface area contributed by atoms with Gasteiger partial charge < -0.3 is 24.6 Å². The standard InChI is InChI=1S/C20H24N4O5.2ClH/c1-24(2,27)11-7-10-21-18-13-8-5-6-9-14(13)22-19-15(28-3)12-16(29-4)20(17(18)19)23(25)26;;/h5-6,8-9,12H,7,10-11H2,1-4H3,(H,21,22);2*1H. The number of rotatable bonds is 8. The van der Waals surface area contributed by atoms with Crippen LogP contribution in [0.4, 0.5) is 11.4 Å². The van der Waals surface area contributed by atoms with Crippen LogP contribution < -0.4 is 14.8 Å². The number of methoxy groups -OCH3 is 2. The Kier molecular flexibility index (Phi) is 9.07. The van der Waals surface area contributed by atoms with Gasteiger partial charge in [0.2, 0.25) is 5.75 Å². The highest BCUT2D eigenvalue weighted by Gasteiger charge is 2.27. The molecule has 1 N–H and O–H groups in total. The summed E-state index contributed by atoms with van der Waals surface area (Å²) in [4.78, 5) is 16.1. The van der Waals surface area contributed by atoms with Gasteiger partial charge in [0.15, 0.2) is 0 Å². The van der Waals surface area contributed by atoms with Gasteiger partial charge in [-0.1, -0.05) is 18.2 Å². The maximum atomic E-state index is 11.9. The molecular weight excluding hydrogens is 447 g/mol. The molecule has 31 heavy (non-hydrogen) atoms. The number of halogens is 2. The molecule has 0 aliphatic carbocycles. The van der Waals surface area contributed by atoms with E-state index in [2.05, 4.69) is 10.3 Å². The van der Waals surface area contributed by atoms with Crippen molar-refractivity contribution < 1.29 is 19.0 Å². The topological polar surface area (TPSA) is 110 Å². The van der Waals surface area contributed by atoms with Crippen LogP contribution in [0.5, 0.6) is 11.5 Å². The summed E-state index contributed by atoms with van der Waals surface area (Å²) in [5.74, 6) is 0.477. The predicted molar refractivity (Wildman–Crippen MR) is 127 cm³/mol. The number of hydrogen-bond acceptors (Lipinski definition) is 7. The summed E-state index contributed by atoms with van der Waals surface area (Å²) in [6.45, 7) is 0.895. The number of nitrogens with zero attached hydrogens (tertiary/aromatic N) is 3. The Balaban J connectivity index is 0.00000240. The van der Waals surface area contributed by atoms with Gasteiger partial charge in [-0.25, -0.2) is 4.98 Å². The van der Waals surface area contributed by atoms with Gasteiger partial charge in [0.1, 0.15) is 16.7 Å². The zero-order valence-corrected chi connectivity index (χ0v) is 19.3. The van der Waals surface area contributed by atoms with Gasteiger partial charge in [-0.2, -0.15) is 0 Å². The van der Waals surface area contributed by atoms with Crippen molar-refractivity contribution in [3.63, 3.8) is 0 Å². The summed E-state index contributed by atoms with van der Waals surface area (Å²) in [6, 6.07) is 8.87. The quantitative estimate of drug-likeness (QED) is 0.168. The number of pyridine rings is 1. The van der Waals surface area contributed by atoms with Crippen molar-refractivity contribution in [2.75, 3.05) is 46.7 Å². The Labute approximate surface area is 192 Å². The Morgan fingerprint density at radius 1 is 1.13 bits per heavy atom. The molecule has 0 bridgehead atoms. The molecule has 0 fully saturated rings. The molecular formula is C20H26Cl2N4O5. The second-order valence-corrected chi connectivity index (χ2v) is 7.19. The number of aromatic nitrogens is 1. The minimum absolute atomic E-state index is 0. The molecule has 9 nitrogen and oxygen atoms in total. The van der Waals surface area contributed by atoms with Crippen LogP contribution in [-0.2, 0) is 0 Å². The number of fused-ring (bicyclic) bond motifs is 2. The van der Waals surface area contributed by atoms with Crippen molar-refractivity contribution in [1.82, 2.24) is 4.98 Å². The number of nitrogens with one attached hydrogen (secondary N) is 1. The lowest BCUT2D eigenvalue weighted by molar-refractivity contribution is -0.839. The van der Waals surface area contributed by atoms with E-state index < -0.39 is 9.57 Å². The second-order valence-electron chi connectivity index (χ2n) is 7.19. The molecule has 1 aromatic heterocycles. The van der Waals surface area contributed by atoms with E-state index in [9.17, 15) is 15.3 Å². The van der Waals surface area contributed by atoms with Crippen molar-refractivity contribution >= 4 is 58.0 Å². The van der Waals surface area contributed by atoms with Crippen LogP contribution in [0.1, 0.15) is 6.42 Å². The molecule has 3 aromatic rings. The van der Waals surface area contributed by atoms with Crippen molar-refractivity contribution in [3.8, 4) is 11.5 Å². The number of hydroxylamine groups is 3. The van der Waals surface area contributed by atoms with Crippen LogP contribution in [0.2, 0.25) is 0 Å². The minimum Gasteiger partial charge on any atom is -0.633 e. The van der Waals surface area contributed by atoms with E-state index in [1.807, 2.05) is 24.3 Å². The lowest BCUT2D eigenvalue weighted by Gasteiger charge is -2.33. The maximum Gasteiger partial charge on any atom is 0.322 e. The first kappa shape index (κ1) is 26.4. The summed E-state index contributed by atoms with van der Waals surface area (Å²) in [6.07, 6.45) is 0.601. The monoisotopic (exact) mass is 472 g/mol. The number of hydrogen-bond donors (Lipinski definition) is 1. The van der Waals surface area contributed by atoms with Crippen LogP contribution in [0.25, 0.3) is 21.8 Å². The first-order valence-electron chi connectivity index (χ1n) is 9.16. The van der Waals surface area contributed by atoms with E-state index in [0.29, 0.717) is 47.4 Å². The van der Waals surface area contributed by atoms with E-state index in [-0.39, 0.29) is 36.3 Å². The summed E-state index contributed by atoms with van der Waals surface area (Å²) in [7, 11) is 6.03. The third-order valence-corrected chi connectivity index (χ3v) is 4.66. The number of benzene rings is 2. The molecule has 0 saturated heterocycles. The molecule has 0 atom stereocenters. The van der Waals surface area contributed by atoms with Gasteiger partial charge in [0, 0.05) is 24.4 Å². The Hall–Kier alpha value is -2.59. The zero-order chi connectivity index (χ0) is 21.2. The van der Waals surface area contributed by atoms with Crippen LogP contribution in [0.3, 0.4) is 0 Å². The van der Waals surface area contributed by atoms with E-state index in [4.69, 9.17) is 9.47 Å². The van der Waals surface area contributed by atoms with Gasteiger partial charge >= 0.3 is 5.69 Å². The minimum atomic E-state index is -0.472. The van der Waals surface area contributed by atoms with E-state index in [1.165, 1.54) is 20.3 Å². The molecule has 1 heterocycles. The highest BCUT2D eigenvalue weighted by molar-refractivity contribution is 6.13. The van der Waals surface area contributed by atoms with Crippen LogP contribution >= 0.6 is 24.8 Å². The molecule has 0 aliphatic rings. The fourth-order valence-electron chi connectivity index (χ4n) is 3.35. The van der Waals surface area contributed by atoms with E-state index in [1.54, 1.807) is 14.1 Å². The molecule has 0 saturated carbocycles. The number of anilines is 1. The number of nitro groups is 1. The van der Waals surface area contributed by atoms with Crippen molar-refractivity contribution in [2.24, 2.45) is 0 Å². The predicted octanol–water partition coefficient (Wildman–Crippen LogP) is 4.53. The number of para-hydroxylation sites is 1. The van der Waals surface area contributed by atoms with Gasteiger partial charge in [0.25, 0.3) is 0 Å². The average Bonchev–Trinajstić information content (AvgIpc) is 2.68.